The number of nitriles is 1. The van der Waals surface area contributed by atoms with Gasteiger partial charge < -0.3 is 19.4 Å². The number of rotatable bonds is 4. The maximum absolute atomic E-state index is 13.7. The van der Waals surface area contributed by atoms with Crippen molar-refractivity contribution in [2.24, 2.45) is 7.05 Å². The minimum atomic E-state index is -0.414. The Morgan fingerprint density at radius 2 is 1.78 bits per heavy atom. The van der Waals surface area contributed by atoms with Crippen molar-refractivity contribution in [2.75, 3.05) is 31.1 Å². The Hall–Kier alpha value is -4.73. The number of phenols is 1. The molecule has 1 unspecified atom stereocenters. The number of para-hydroxylation sites is 1. The Kier molecular flexibility index (Phi) is 6.31. The third-order valence-corrected chi connectivity index (χ3v) is 6.84. The van der Waals surface area contributed by atoms with E-state index < -0.39 is 5.56 Å². The number of nitrogens with zero attached hydrogens (tertiary/aromatic N) is 6. The van der Waals surface area contributed by atoms with Crippen LogP contribution in [0.1, 0.15) is 22.7 Å². The Morgan fingerprint density at radius 3 is 2.43 bits per heavy atom. The minimum absolute atomic E-state index is 0.00568. The number of aromatic hydroxyl groups is 1. The molecule has 0 spiro atoms. The summed E-state index contributed by atoms with van der Waals surface area (Å²) in [4.78, 5) is 25.0. The molecule has 3 heterocycles. The lowest BCUT2D eigenvalue weighted by Gasteiger charge is -2.40. The first-order valence-electron chi connectivity index (χ1n) is 11.8. The molecule has 1 atom stereocenters. The van der Waals surface area contributed by atoms with Crippen molar-refractivity contribution in [3.8, 4) is 11.8 Å². The standard InChI is InChI=1S/C28H23FN6O2/c1-31-24-12-11-22-25(32-24)27(21(17-30)28(37)33(22)2)35-15-13-34(14-16-35)26(18-7-9-19(29)10-8-18)20-5-3-4-6-23(20)36/h3-12,26,36H,13-16H2,2H3. The van der Waals surface area contributed by atoms with E-state index in [0.717, 1.165) is 5.56 Å². The molecule has 37 heavy (non-hydrogen) atoms. The fraction of sp³-hybridized carbons (Fsp3) is 0.214. The second-order valence-electron chi connectivity index (χ2n) is 8.88. The van der Waals surface area contributed by atoms with E-state index in [0.29, 0.717) is 48.5 Å². The van der Waals surface area contributed by atoms with Crippen molar-refractivity contribution in [1.82, 2.24) is 14.5 Å². The van der Waals surface area contributed by atoms with Crippen molar-refractivity contribution in [3.05, 3.63) is 105 Å². The lowest BCUT2D eigenvalue weighted by atomic mass is 9.95. The van der Waals surface area contributed by atoms with Gasteiger partial charge in [-0.1, -0.05) is 36.9 Å². The number of phenolic OH excluding ortho intramolecular Hbond substituents is 1. The third kappa shape index (κ3) is 4.26. The molecule has 9 heteroatoms. The molecule has 0 amide bonds. The Balaban J connectivity index is 1.54. The quantitative estimate of drug-likeness (QED) is 0.430. The molecule has 2 aromatic carbocycles. The zero-order valence-electron chi connectivity index (χ0n) is 20.1. The van der Waals surface area contributed by atoms with Gasteiger partial charge in [-0.3, -0.25) is 9.69 Å². The Morgan fingerprint density at radius 1 is 1.08 bits per heavy atom. The Bertz CT molecular complexity index is 1630. The average Bonchev–Trinajstić information content (AvgIpc) is 2.93. The van der Waals surface area contributed by atoms with E-state index in [-0.39, 0.29) is 29.0 Å². The largest absolute Gasteiger partial charge is 0.508 e. The number of piperazine rings is 1. The fourth-order valence-electron chi connectivity index (χ4n) is 5.01. The van der Waals surface area contributed by atoms with Crippen molar-refractivity contribution in [2.45, 2.75) is 6.04 Å². The van der Waals surface area contributed by atoms with Crippen LogP contribution in [-0.2, 0) is 7.05 Å². The van der Waals surface area contributed by atoms with Gasteiger partial charge in [0.25, 0.3) is 11.4 Å². The van der Waals surface area contributed by atoms with Crippen LogP contribution in [0.5, 0.6) is 5.75 Å². The monoisotopic (exact) mass is 494 g/mol. The predicted octanol–water partition coefficient (Wildman–Crippen LogP) is 4.11. The van der Waals surface area contributed by atoms with Crippen molar-refractivity contribution in [3.63, 3.8) is 0 Å². The first-order valence-corrected chi connectivity index (χ1v) is 11.8. The maximum atomic E-state index is 13.7. The highest BCUT2D eigenvalue weighted by Gasteiger charge is 2.31. The molecule has 0 bridgehead atoms. The molecule has 2 aromatic heterocycles. The minimum Gasteiger partial charge on any atom is -0.508 e. The van der Waals surface area contributed by atoms with E-state index in [9.17, 15) is 19.6 Å². The second-order valence-corrected chi connectivity index (χ2v) is 8.88. The van der Waals surface area contributed by atoms with Gasteiger partial charge in [-0.2, -0.15) is 5.26 Å². The molecule has 8 nitrogen and oxygen atoms in total. The van der Waals surface area contributed by atoms with E-state index in [1.54, 1.807) is 43.4 Å². The molecule has 4 aromatic rings. The lowest BCUT2D eigenvalue weighted by Crippen LogP contribution is -2.48. The van der Waals surface area contributed by atoms with Crippen molar-refractivity contribution in [1.29, 1.82) is 5.26 Å². The van der Waals surface area contributed by atoms with Crippen LogP contribution in [0.25, 0.3) is 15.9 Å². The Labute approximate surface area is 212 Å². The van der Waals surface area contributed by atoms with Crippen LogP contribution in [-0.4, -0.2) is 45.7 Å². The highest BCUT2D eigenvalue weighted by Crippen LogP contribution is 2.36. The predicted molar refractivity (Wildman–Crippen MR) is 138 cm³/mol. The molecule has 1 aliphatic rings. The summed E-state index contributed by atoms with van der Waals surface area (Å²) >= 11 is 0. The van der Waals surface area contributed by atoms with Gasteiger partial charge in [0.15, 0.2) is 0 Å². The van der Waals surface area contributed by atoms with Crippen LogP contribution in [0.3, 0.4) is 0 Å². The molecule has 1 N–H and O–H groups in total. The summed E-state index contributed by atoms with van der Waals surface area (Å²) < 4.78 is 15.1. The maximum Gasteiger partial charge on any atom is 0.271 e. The summed E-state index contributed by atoms with van der Waals surface area (Å²) in [6.07, 6.45) is 0. The number of hydrogen-bond donors (Lipinski definition) is 1. The molecule has 1 saturated heterocycles. The van der Waals surface area contributed by atoms with E-state index in [4.69, 9.17) is 6.57 Å². The lowest BCUT2D eigenvalue weighted by molar-refractivity contribution is 0.209. The summed E-state index contributed by atoms with van der Waals surface area (Å²) in [5.74, 6) is 0.00255. The van der Waals surface area contributed by atoms with Gasteiger partial charge >= 0.3 is 0 Å². The number of hydrogen-bond acceptors (Lipinski definition) is 6. The van der Waals surface area contributed by atoms with Crippen LogP contribution in [0.15, 0.2) is 65.5 Å². The van der Waals surface area contributed by atoms with Gasteiger partial charge in [0, 0.05) is 38.8 Å². The third-order valence-electron chi connectivity index (χ3n) is 6.84. The molecule has 0 radical (unpaired) electrons. The first kappa shape index (κ1) is 24.0. The van der Waals surface area contributed by atoms with Gasteiger partial charge in [0.1, 0.15) is 28.9 Å². The number of aromatic nitrogens is 2. The first-order chi connectivity index (χ1) is 17.9. The molecule has 5 rings (SSSR count). The highest BCUT2D eigenvalue weighted by atomic mass is 19.1. The van der Waals surface area contributed by atoms with E-state index in [1.807, 2.05) is 17.0 Å². The number of benzene rings is 2. The number of anilines is 1. The summed E-state index contributed by atoms with van der Waals surface area (Å²) in [6, 6.07) is 18.3. The molecule has 184 valence electrons. The van der Waals surface area contributed by atoms with Crippen LogP contribution < -0.4 is 10.5 Å². The highest BCUT2D eigenvalue weighted by molar-refractivity contribution is 5.92. The normalized spacial score (nSPS) is 14.8. The van der Waals surface area contributed by atoms with Gasteiger partial charge in [0.05, 0.1) is 11.6 Å². The topological polar surface area (TPSA) is 89.8 Å². The molecule has 1 fully saturated rings. The average molecular weight is 495 g/mol. The van der Waals surface area contributed by atoms with Crippen molar-refractivity contribution < 1.29 is 9.50 Å². The van der Waals surface area contributed by atoms with Gasteiger partial charge in [-0.25, -0.2) is 4.39 Å². The van der Waals surface area contributed by atoms with Gasteiger partial charge in [-0.15, -0.1) is 4.98 Å². The summed E-state index contributed by atoms with van der Waals surface area (Å²) in [7, 11) is 1.59. The summed E-state index contributed by atoms with van der Waals surface area (Å²) in [6.45, 7) is 9.40. The van der Waals surface area contributed by atoms with Crippen molar-refractivity contribution >= 4 is 22.5 Å². The number of pyridine rings is 2. The number of halogens is 1. The molecule has 0 saturated carbocycles. The van der Waals surface area contributed by atoms with E-state index in [2.05, 4.69) is 20.8 Å². The zero-order chi connectivity index (χ0) is 26.1. The van der Waals surface area contributed by atoms with Crippen LogP contribution >= 0.6 is 0 Å². The molecule has 1 aliphatic heterocycles. The van der Waals surface area contributed by atoms with Gasteiger partial charge in [0.2, 0.25) is 5.52 Å². The van der Waals surface area contributed by atoms with Crippen LogP contribution in [0.4, 0.5) is 15.9 Å². The summed E-state index contributed by atoms with van der Waals surface area (Å²) in [5.41, 5.74) is 2.56. The fourth-order valence-corrected chi connectivity index (χ4v) is 5.01. The smallest absolute Gasteiger partial charge is 0.271 e. The van der Waals surface area contributed by atoms with Gasteiger partial charge in [-0.05, 0) is 35.9 Å². The zero-order valence-corrected chi connectivity index (χ0v) is 20.1. The van der Waals surface area contributed by atoms with E-state index in [1.165, 1.54) is 16.7 Å². The number of fused-ring (bicyclic) bond motifs is 1. The molecule has 0 aliphatic carbocycles. The molecular weight excluding hydrogens is 471 g/mol. The molecular formula is C28H23FN6O2. The number of aryl methyl sites for hydroxylation is 1. The second kappa shape index (κ2) is 9.73. The van der Waals surface area contributed by atoms with Crippen LogP contribution in [0, 0.1) is 23.7 Å². The SMILES string of the molecule is [C-]#[N+]c1ccc2c(n1)c(N1CCN(C(c3ccc(F)cc3)c3ccccc3O)CC1)c(C#N)c(=O)n2C. The summed E-state index contributed by atoms with van der Waals surface area (Å²) in [5, 5.41) is 20.5. The van der Waals surface area contributed by atoms with Crippen LogP contribution in [0.2, 0.25) is 0 Å². The van der Waals surface area contributed by atoms with E-state index >= 15 is 0 Å².